The van der Waals surface area contributed by atoms with Gasteiger partial charge in [0.25, 0.3) is 0 Å². The highest BCUT2D eigenvalue weighted by atomic mass is 16.5. The molecule has 1 heterocycles. The summed E-state index contributed by atoms with van der Waals surface area (Å²) < 4.78 is 8.30. The van der Waals surface area contributed by atoms with E-state index in [1.54, 1.807) is 0 Å². The SMILES string of the molecule is c1ccc(COc2ccc3ccccc3c2CNCCCn2ccnc2)cc1. The third-order valence-corrected chi connectivity index (χ3v) is 4.87. The highest BCUT2D eigenvalue weighted by Crippen LogP contribution is 2.28. The first-order chi connectivity index (χ1) is 13.9. The average molecular weight is 371 g/mol. The van der Waals surface area contributed by atoms with E-state index in [1.165, 1.54) is 21.9 Å². The Morgan fingerprint density at radius 1 is 0.929 bits per heavy atom. The summed E-state index contributed by atoms with van der Waals surface area (Å²) in [6.07, 6.45) is 6.74. The molecule has 142 valence electrons. The van der Waals surface area contributed by atoms with Gasteiger partial charge in [-0.15, -0.1) is 0 Å². The van der Waals surface area contributed by atoms with Crippen molar-refractivity contribution in [2.75, 3.05) is 6.54 Å². The van der Waals surface area contributed by atoms with Gasteiger partial charge in [-0.3, -0.25) is 0 Å². The van der Waals surface area contributed by atoms with E-state index in [0.717, 1.165) is 31.8 Å². The lowest BCUT2D eigenvalue weighted by Crippen LogP contribution is -2.17. The molecule has 28 heavy (non-hydrogen) atoms. The van der Waals surface area contributed by atoms with Crippen molar-refractivity contribution in [1.82, 2.24) is 14.9 Å². The van der Waals surface area contributed by atoms with Crippen molar-refractivity contribution in [3.05, 3.63) is 96.6 Å². The fourth-order valence-electron chi connectivity index (χ4n) is 3.39. The number of benzene rings is 3. The molecule has 3 aromatic carbocycles. The maximum absolute atomic E-state index is 6.19. The number of rotatable bonds is 9. The first kappa shape index (κ1) is 18.3. The second-order valence-electron chi connectivity index (χ2n) is 6.87. The van der Waals surface area contributed by atoms with Crippen LogP contribution < -0.4 is 10.1 Å². The molecule has 0 amide bonds. The van der Waals surface area contributed by atoms with Crippen LogP contribution in [0.25, 0.3) is 10.8 Å². The van der Waals surface area contributed by atoms with Crippen LogP contribution in [0, 0.1) is 0 Å². The Balaban J connectivity index is 1.44. The van der Waals surface area contributed by atoms with Gasteiger partial charge in [0.15, 0.2) is 0 Å². The summed E-state index contributed by atoms with van der Waals surface area (Å²) in [5.74, 6) is 0.949. The van der Waals surface area contributed by atoms with Crippen LogP contribution in [-0.2, 0) is 19.7 Å². The molecular formula is C24H25N3O. The Labute approximate surface area is 165 Å². The van der Waals surface area contributed by atoms with Gasteiger partial charge in [0.2, 0.25) is 0 Å². The highest BCUT2D eigenvalue weighted by molar-refractivity contribution is 5.87. The van der Waals surface area contributed by atoms with Gasteiger partial charge in [0, 0.05) is 31.0 Å². The van der Waals surface area contributed by atoms with Crippen LogP contribution in [0.15, 0.2) is 85.5 Å². The zero-order valence-electron chi connectivity index (χ0n) is 15.9. The molecule has 0 aliphatic heterocycles. The number of fused-ring (bicyclic) bond motifs is 1. The van der Waals surface area contributed by atoms with Crippen LogP contribution >= 0.6 is 0 Å². The second kappa shape index (κ2) is 9.20. The van der Waals surface area contributed by atoms with E-state index < -0.39 is 0 Å². The summed E-state index contributed by atoms with van der Waals surface area (Å²) in [5, 5.41) is 6.07. The quantitative estimate of drug-likeness (QED) is 0.430. The molecule has 0 saturated carbocycles. The fraction of sp³-hybridized carbons (Fsp3) is 0.208. The fourth-order valence-corrected chi connectivity index (χ4v) is 3.39. The maximum atomic E-state index is 6.19. The van der Waals surface area contributed by atoms with Gasteiger partial charge >= 0.3 is 0 Å². The summed E-state index contributed by atoms with van der Waals surface area (Å²) in [5.41, 5.74) is 2.39. The van der Waals surface area contributed by atoms with E-state index >= 15 is 0 Å². The monoisotopic (exact) mass is 371 g/mol. The lowest BCUT2D eigenvalue weighted by atomic mass is 10.0. The van der Waals surface area contributed by atoms with Gasteiger partial charge in [-0.2, -0.15) is 0 Å². The van der Waals surface area contributed by atoms with Crippen LogP contribution in [0.4, 0.5) is 0 Å². The smallest absolute Gasteiger partial charge is 0.124 e. The minimum absolute atomic E-state index is 0.576. The number of hydrogen-bond acceptors (Lipinski definition) is 3. The molecule has 0 bridgehead atoms. The number of nitrogens with one attached hydrogen (secondary N) is 1. The minimum Gasteiger partial charge on any atom is -0.489 e. The van der Waals surface area contributed by atoms with Crippen LogP contribution in [0.1, 0.15) is 17.5 Å². The number of imidazole rings is 1. The van der Waals surface area contributed by atoms with Crippen molar-refractivity contribution in [1.29, 1.82) is 0 Å². The predicted octanol–water partition coefficient (Wildman–Crippen LogP) is 4.80. The van der Waals surface area contributed by atoms with Crippen LogP contribution in [0.5, 0.6) is 5.75 Å². The van der Waals surface area contributed by atoms with Crippen molar-refractivity contribution in [3.63, 3.8) is 0 Å². The Morgan fingerprint density at radius 2 is 1.79 bits per heavy atom. The van der Waals surface area contributed by atoms with Gasteiger partial charge in [-0.25, -0.2) is 4.98 Å². The van der Waals surface area contributed by atoms with E-state index in [-0.39, 0.29) is 0 Å². The van der Waals surface area contributed by atoms with Gasteiger partial charge in [0.05, 0.1) is 6.33 Å². The Kier molecular flexibility index (Phi) is 6.00. The Hall–Kier alpha value is -3.11. The third kappa shape index (κ3) is 4.59. The van der Waals surface area contributed by atoms with Crippen molar-refractivity contribution < 1.29 is 4.74 Å². The Bertz CT molecular complexity index is 997. The van der Waals surface area contributed by atoms with E-state index in [1.807, 2.05) is 36.9 Å². The minimum atomic E-state index is 0.576. The van der Waals surface area contributed by atoms with Crippen LogP contribution in [0.3, 0.4) is 0 Å². The average Bonchev–Trinajstić information content (AvgIpc) is 3.27. The highest BCUT2D eigenvalue weighted by Gasteiger charge is 2.09. The molecule has 0 atom stereocenters. The first-order valence-corrected chi connectivity index (χ1v) is 9.74. The van der Waals surface area contributed by atoms with Crippen molar-refractivity contribution in [2.45, 2.75) is 26.1 Å². The summed E-state index contributed by atoms with van der Waals surface area (Å²) in [7, 11) is 0. The molecule has 4 heteroatoms. The topological polar surface area (TPSA) is 39.1 Å². The van der Waals surface area contributed by atoms with E-state index in [0.29, 0.717) is 6.61 Å². The van der Waals surface area contributed by atoms with E-state index in [9.17, 15) is 0 Å². The number of aryl methyl sites for hydroxylation is 1. The lowest BCUT2D eigenvalue weighted by Gasteiger charge is -2.15. The Morgan fingerprint density at radius 3 is 2.64 bits per heavy atom. The molecule has 0 radical (unpaired) electrons. The van der Waals surface area contributed by atoms with E-state index in [2.05, 4.69) is 63.4 Å². The summed E-state index contributed by atoms with van der Waals surface area (Å²) in [4.78, 5) is 4.09. The maximum Gasteiger partial charge on any atom is 0.124 e. The largest absolute Gasteiger partial charge is 0.489 e. The lowest BCUT2D eigenvalue weighted by molar-refractivity contribution is 0.302. The molecule has 0 aliphatic rings. The first-order valence-electron chi connectivity index (χ1n) is 9.74. The number of aromatic nitrogens is 2. The number of ether oxygens (including phenoxy) is 1. The molecule has 0 saturated heterocycles. The normalized spacial score (nSPS) is 11.0. The van der Waals surface area contributed by atoms with Crippen molar-refractivity contribution >= 4 is 10.8 Å². The molecule has 1 aromatic heterocycles. The molecule has 4 nitrogen and oxygen atoms in total. The third-order valence-electron chi connectivity index (χ3n) is 4.87. The van der Waals surface area contributed by atoms with E-state index in [4.69, 9.17) is 4.74 Å². The molecule has 0 unspecified atom stereocenters. The molecule has 0 fully saturated rings. The molecule has 0 spiro atoms. The number of nitrogens with zero attached hydrogens (tertiary/aromatic N) is 2. The molecule has 0 aliphatic carbocycles. The zero-order valence-corrected chi connectivity index (χ0v) is 15.9. The standard InChI is InChI=1S/C24H25N3O/c1-2-7-20(8-3-1)18-28-24-12-11-21-9-4-5-10-22(21)23(24)17-25-13-6-15-27-16-14-26-19-27/h1-5,7-12,14,16,19,25H,6,13,15,17-18H2. The van der Waals surface area contributed by atoms with Gasteiger partial charge < -0.3 is 14.6 Å². The van der Waals surface area contributed by atoms with Crippen LogP contribution in [-0.4, -0.2) is 16.1 Å². The van der Waals surface area contributed by atoms with Gasteiger partial charge in [0.1, 0.15) is 12.4 Å². The van der Waals surface area contributed by atoms with Crippen molar-refractivity contribution in [2.24, 2.45) is 0 Å². The molecule has 4 rings (SSSR count). The molecular weight excluding hydrogens is 346 g/mol. The summed E-state index contributed by atoms with van der Waals surface area (Å²) in [6.45, 7) is 3.28. The summed E-state index contributed by atoms with van der Waals surface area (Å²) in [6, 6.07) is 23.0. The summed E-state index contributed by atoms with van der Waals surface area (Å²) >= 11 is 0. The molecule has 1 N–H and O–H groups in total. The zero-order chi connectivity index (χ0) is 19.0. The van der Waals surface area contributed by atoms with Gasteiger partial charge in [-0.1, -0.05) is 60.7 Å². The van der Waals surface area contributed by atoms with Crippen molar-refractivity contribution in [3.8, 4) is 5.75 Å². The predicted molar refractivity (Wildman–Crippen MR) is 113 cm³/mol. The number of hydrogen-bond donors (Lipinski definition) is 1. The van der Waals surface area contributed by atoms with Gasteiger partial charge in [-0.05, 0) is 35.4 Å². The molecule has 4 aromatic rings. The second-order valence-corrected chi connectivity index (χ2v) is 6.87. The van der Waals surface area contributed by atoms with Crippen LogP contribution in [0.2, 0.25) is 0 Å².